The maximum atomic E-state index is 6.13. The molecular formula is C17H24BrN3O2. The summed E-state index contributed by atoms with van der Waals surface area (Å²) in [6.45, 7) is 7.24. The summed E-state index contributed by atoms with van der Waals surface area (Å²) in [6.07, 6.45) is 5.86. The molecule has 0 spiro atoms. The summed E-state index contributed by atoms with van der Waals surface area (Å²) >= 11 is 3.46. The topological polar surface area (TPSA) is 49.2 Å². The molecule has 2 aromatic rings. The average molecular weight is 382 g/mol. The van der Waals surface area contributed by atoms with Gasteiger partial charge in [0.1, 0.15) is 22.0 Å². The fourth-order valence-electron chi connectivity index (χ4n) is 3.03. The normalized spacial score (nSPS) is 21.5. The highest BCUT2D eigenvalue weighted by Crippen LogP contribution is 2.30. The number of ether oxygens (including phenoxy) is 2. The van der Waals surface area contributed by atoms with Gasteiger partial charge in [0, 0.05) is 12.6 Å². The molecule has 0 aliphatic carbocycles. The van der Waals surface area contributed by atoms with E-state index in [-0.39, 0.29) is 12.4 Å². The molecule has 5 nitrogen and oxygen atoms in total. The van der Waals surface area contributed by atoms with Crippen LogP contribution in [-0.2, 0) is 9.47 Å². The first-order valence-corrected chi connectivity index (χ1v) is 9.20. The average Bonchev–Trinajstić information content (AvgIpc) is 2.93. The highest BCUT2D eigenvalue weighted by atomic mass is 79.9. The molecule has 0 radical (unpaired) electrons. The number of imidazole rings is 1. The molecule has 0 N–H and O–H groups in total. The van der Waals surface area contributed by atoms with Crippen LogP contribution in [0.15, 0.2) is 16.9 Å². The Balaban J connectivity index is 1.94. The van der Waals surface area contributed by atoms with Crippen LogP contribution < -0.4 is 0 Å². The molecule has 1 unspecified atom stereocenters. The summed E-state index contributed by atoms with van der Waals surface area (Å²) < 4.78 is 14.9. The Hall–Kier alpha value is -0.980. The van der Waals surface area contributed by atoms with Crippen molar-refractivity contribution in [2.75, 3.05) is 6.61 Å². The molecule has 1 aliphatic heterocycles. The number of halogens is 1. The van der Waals surface area contributed by atoms with Crippen LogP contribution in [0.5, 0.6) is 0 Å². The number of aromatic nitrogens is 3. The predicted octanol–water partition coefficient (Wildman–Crippen LogP) is 4.77. The Kier molecular flexibility index (Phi) is 5.34. The van der Waals surface area contributed by atoms with Crippen LogP contribution >= 0.6 is 15.9 Å². The van der Waals surface area contributed by atoms with Gasteiger partial charge in [0.25, 0.3) is 0 Å². The molecule has 0 saturated carbocycles. The first-order valence-electron chi connectivity index (χ1n) is 8.40. The van der Waals surface area contributed by atoms with Gasteiger partial charge in [0.2, 0.25) is 0 Å². The van der Waals surface area contributed by atoms with Crippen LogP contribution in [0.4, 0.5) is 0 Å². The van der Waals surface area contributed by atoms with E-state index in [4.69, 9.17) is 14.5 Å². The van der Waals surface area contributed by atoms with Crippen molar-refractivity contribution < 1.29 is 9.47 Å². The van der Waals surface area contributed by atoms with E-state index in [1.54, 1.807) is 0 Å². The lowest BCUT2D eigenvalue weighted by Gasteiger charge is -2.27. The van der Waals surface area contributed by atoms with Crippen molar-refractivity contribution >= 4 is 27.0 Å². The van der Waals surface area contributed by atoms with E-state index in [0.29, 0.717) is 6.04 Å². The molecular weight excluding hydrogens is 358 g/mol. The second-order valence-corrected chi connectivity index (χ2v) is 6.98. The van der Waals surface area contributed by atoms with Gasteiger partial charge >= 0.3 is 0 Å². The zero-order valence-corrected chi connectivity index (χ0v) is 15.5. The quantitative estimate of drug-likeness (QED) is 0.699. The highest BCUT2D eigenvalue weighted by molar-refractivity contribution is 9.10. The first kappa shape index (κ1) is 16.9. The summed E-state index contributed by atoms with van der Waals surface area (Å²) in [5.41, 5.74) is 2.00. The van der Waals surface area contributed by atoms with Gasteiger partial charge < -0.3 is 14.0 Å². The highest BCUT2D eigenvalue weighted by Gasteiger charge is 2.24. The molecule has 6 heteroatoms. The molecule has 2 aromatic heterocycles. The number of hydrogen-bond donors (Lipinski definition) is 0. The lowest BCUT2D eigenvalue weighted by atomic mass is 10.2. The fourth-order valence-corrected chi connectivity index (χ4v) is 3.35. The summed E-state index contributed by atoms with van der Waals surface area (Å²) in [5.74, 6) is 0.948. The summed E-state index contributed by atoms with van der Waals surface area (Å²) in [6, 6.07) is 2.38. The summed E-state index contributed by atoms with van der Waals surface area (Å²) in [4.78, 5) is 9.08. The predicted molar refractivity (Wildman–Crippen MR) is 93.3 cm³/mol. The molecule has 0 aromatic carbocycles. The van der Waals surface area contributed by atoms with Crippen LogP contribution in [0.1, 0.15) is 64.4 Å². The van der Waals surface area contributed by atoms with E-state index in [9.17, 15) is 0 Å². The van der Waals surface area contributed by atoms with Crippen LogP contribution in [0.2, 0.25) is 0 Å². The zero-order chi connectivity index (χ0) is 16.4. The standard InChI is InChI=1S/C17H24BrN3O2/c1-4-11(2)21-14-9-15(18)19-10-13(14)20-17(21)12(3)23-16-7-5-6-8-22-16/h9-12,16H,4-8H2,1-3H3/t11-,12-,16?/m1/s1. The van der Waals surface area contributed by atoms with E-state index < -0.39 is 0 Å². The van der Waals surface area contributed by atoms with Crippen molar-refractivity contribution in [1.29, 1.82) is 0 Å². The van der Waals surface area contributed by atoms with Gasteiger partial charge in [-0.15, -0.1) is 0 Å². The number of nitrogens with zero attached hydrogens (tertiary/aromatic N) is 3. The van der Waals surface area contributed by atoms with Crippen LogP contribution in [0, 0.1) is 0 Å². The van der Waals surface area contributed by atoms with Gasteiger partial charge in [0.05, 0.1) is 11.7 Å². The Morgan fingerprint density at radius 1 is 1.43 bits per heavy atom. The van der Waals surface area contributed by atoms with Crippen LogP contribution in [0.25, 0.3) is 11.0 Å². The molecule has 1 aliphatic rings. The van der Waals surface area contributed by atoms with Gasteiger partial charge in [0.15, 0.2) is 6.29 Å². The zero-order valence-electron chi connectivity index (χ0n) is 14.0. The van der Waals surface area contributed by atoms with Gasteiger partial charge in [-0.3, -0.25) is 0 Å². The minimum Gasteiger partial charge on any atom is -0.353 e. The van der Waals surface area contributed by atoms with E-state index in [0.717, 1.165) is 53.8 Å². The minimum atomic E-state index is -0.117. The first-order chi connectivity index (χ1) is 11.1. The number of rotatable bonds is 5. The third-order valence-electron chi connectivity index (χ3n) is 4.46. The fraction of sp³-hybridized carbons (Fsp3) is 0.647. The van der Waals surface area contributed by atoms with Gasteiger partial charge in [-0.1, -0.05) is 6.92 Å². The lowest BCUT2D eigenvalue weighted by Crippen LogP contribution is -2.25. The third-order valence-corrected chi connectivity index (χ3v) is 4.89. The lowest BCUT2D eigenvalue weighted by molar-refractivity contribution is -0.188. The van der Waals surface area contributed by atoms with Crippen molar-refractivity contribution in [2.24, 2.45) is 0 Å². The molecule has 3 rings (SSSR count). The molecule has 23 heavy (non-hydrogen) atoms. The smallest absolute Gasteiger partial charge is 0.158 e. The SMILES string of the molecule is CC[C@@H](C)n1c([C@@H](C)OC2CCCCO2)nc2cnc(Br)cc21. The van der Waals surface area contributed by atoms with Gasteiger partial charge in [-0.05, 0) is 61.5 Å². The van der Waals surface area contributed by atoms with Gasteiger partial charge in [-0.25, -0.2) is 9.97 Å². The van der Waals surface area contributed by atoms with E-state index in [1.807, 2.05) is 12.3 Å². The summed E-state index contributed by atoms with van der Waals surface area (Å²) in [5, 5.41) is 0. The monoisotopic (exact) mass is 381 g/mol. The number of pyridine rings is 1. The molecule has 3 atom stereocenters. The molecule has 1 saturated heterocycles. The van der Waals surface area contributed by atoms with Crippen molar-refractivity contribution in [2.45, 2.75) is 64.9 Å². The molecule has 0 amide bonds. The molecule has 126 valence electrons. The van der Waals surface area contributed by atoms with E-state index in [1.165, 1.54) is 0 Å². The second-order valence-electron chi connectivity index (χ2n) is 6.17. The van der Waals surface area contributed by atoms with E-state index >= 15 is 0 Å². The molecule has 3 heterocycles. The van der Waals surface area contributed by atoms with Gasteiger partial charge in [-0.2, -0.15) is 0 Å². The summed E-state index contributed by atoms with van der Waals surface area (Å²) in [7, 11) is 0. The third kappa shape index (κ3) is 3.59. The van der Waals surface area contributed by atoms with Crippen LogP contribution in [-0.4, -0.2) is 27.4 Å². The molecule has 0 bridgehead atoms. The maximum absolute atomic E-state index is 6.13. The second kappa shape index (κ2) is 7.28. The van der Waals surface area contributed by atoms with Crippen LogP contribution in [0.3, 0.4) is 0 Å². The number of fused-ring (bicyclic) bond motifs is 1. The Labute approximate surface area is 145 Å². The van der Waals surface area contributed by atoms with Crippen molar-refractivity contribution in [1.82, 2.24) is 14.5 Å². The largest absolute Gasteiger partial charge is 0.353 e. The maximum Gasteiger partial charge on any atom is 0.158 e. The Morgan fingerprint density at radius 2 is 2.26 bits per heavy atom. The Morgan fingerprint density at radius 3 is 2.96 bits per heavy atom. The van der Waals surface area contributed by atoms with Crippen molar-refractivity contribution in [3.8, 4) is 0 Å². The molecule has 1 fully saturated rings. The number of hydrogen-bond acceptors (Lipinski definition) is 4. The van der Waals surface area contributed by atoms with Crippen molar-refractivity contribution in [3.05, 3.63) is 22.7 Å². The Bertz CT molecular complexity index is 667. The van der Waals surface area contributed by atoms with Crippen molar-refractivity contribution in [3.63, 3.8) is 0 Å². The minimum absolute atomic E-state index is 0.113. The van der Waals surface area contributed by atoms with E-state index in [2.05, 4.69) is 46.3 Å².